The maximum atomic E-state index is 13.3. The highest BCUT2D eigenvalue weighted by Crippen LogP contribution is 2.19. The molecule has 0 bridgehead atoms. The van der Waals surface area contributed by atoms with Crippen molar-refractivity contribution < 1.29 is 9.50 Å². The van der Waals surface area contributed by atoms with E-state index in [1.165, 1.54) is 6.07 Å². The van der Waals surface area contributed by atoms with Crippen molar-refractivity contribution in [3.63, 3.8) is 0 Å². The highest BCUT2D eigenvalue weighted by molar-refractivity contribution is 9.10. The van der Waals surface area contributed by atoms with Crippen LogP contribution in [0.25, 0.3) is 0 Å². The molecular weight excluding hydrogens is 285 g/mol. The van der Waals surface area contributed by atoms with Gasteiger partial charge in [-0.25, -0.2) is 4.39 Å². The van der Waals surface area contributed by atoms with Gasteiger partial charge in [-0.15, -0.1) is 0 Å². The molecule has 0 saturated heterocycles. The van der Waals surface area contributed by atoms with Gasteiger partial charge in [-0.3, -0.25) is 0 Å². The van der Waals surface area contributed by atoms with Crippen LogP contribution >= 0.6 is 15.9 Å². The molecule has 0 aromatic heterocycles. The molecule has 2 aromatic carbocycles. The Morgan fingerprint density at radius 3 is 2.71 bits per heavy atom. The summed E-state index contributed by atoms with van der Waals surface area (Å²) < 4.78 is 13.7. The fraction of sp³-hybridized carbons (Fsp3) is 0.0769. The number of phenolic OH excluding ortho intramolecular Hbond substituents is 1. The zero-order valence-corrected chi connectivity index (χ0v) is 10.5. The lowest BCUT2D eigenvalue weighted by atomic mass is 10.2. The van der Waals surface area contributed by atoms with Gasteiger partial charge in [0.1, 0.15) is 11.6 Å². The molecule has 0 atom stereocenters. The number of aromatic hydroxyl groups is 1. The standard InChI is InChI=1S/C13H11BrFNO/c14-12-5-4-9(6-13(12)15)8-16-10-2-1-3-11(17)7-10/h1-7,16-17H,8H2. The van der Waals surface area contributed by atoms with E-state index >= 15 is 0 Å². The van der Waals surface area contributed by atoms with Gasteiger partial charge in [0.15, 0.2) is 0 Å². The quantitative estimate of drug-likeness (QED) is 0.900. The molecule has 0 saturated carbocycles. The predicted octanol–water partition coefficient (Wildman–Crippen LogP) is 3.91. The molecule has 0 radical (unpaired) electrons. The van der Waals surface area contributed by atoms with Gasteiger partial charge in [-0.05, 0) is 45.8 Å². The first kappa shape index (κ1) is 11.9. The summed E-state index contributed by atoms with van der Waals surface area (Å²) in [6.45, 7) is 0.508. The Morgan fingerprint density at radius 2 is 2.00 bits per heavy atom. The zero-order valence-electron chi connectivity index (χ0n) is 8.95. The first-order valence-electron chi connectivity index (χ1n) is 5.12. The molecule has 0 heterocycles. The Morgan fingerprint density at radius 1 is 1.18 bits per heavy atom. The van der Waals surface area contributed by atoms with Gasteiger partial charge in [-0.2, -0.15) is 0 Å². The topological polar surface area (TPSA) is 32.3 Å². The molecule has 0 aliphatic heterocycles. The summed E-state index contributed by atoms with van der Waals surface area (Å²) in [5.74, 6) is -0.0720. The summed E-state index contributed by atoms with van der Waals surface area (Å²) in [6.07, 6.45) is 0. The Balaban J connectivity index is 2.05. The van der Waals surface area contributed by atoms with E-state index in [-0.39, 0.29) is 11.6 Å². The van der Waals surface area contributed by atoms with Crippen LogP contribution in [0.5, 0.6) is 5.75 Å². The van der Waals surface area contributed by atoms with Crippen LogP contribution < -0.4 is 5.32 Å². The molecule has 2 rings (SSSR count). The molecule has 0 aliphatic carbocycles. The molecule has 17 heavy (non-hydrogen) atoms. The van der Waals surface area contributed by atoms with Gasteiger partial charge in [0.05, 0.1) is 4.47 Å². The lowest BCUT2D eigenvalue weighted by Crippen LogP contribution is -1.99. The average Bonchev–Trinajstić information content (AvgIpc) is 2.31. The van der Waals surface area contributed by atoms with Gasteiger partial charge in [0, 0.05) is 18.3 Å². The predicted molar refractivity (Wildman–Crippen MR) is 69.5 cm³/mol. The molecular formula is C13H11BrFNO. The molecule has 4 heteroatoms. The lowest BCUT2D eigenvalue weighted by Gasteiger charge is -2.07. The van der Waals surface area contributed by atoms with Gasteiger partial charge in [-0.1, -0.05) is 12.1 Å². The molecule has 2 aromatic rings. The molecule has 0 aliphatic rings. The Hall–Kier alpha value is -1.55. The maximum absolute atomic E-state index is 13.3. The molecule has 2 nitrogen and oxygen atoms in total. The Kier molecular flexibility index (Phi) is 3.64. The van der Waals surface area contributed by atoms with E-state index in [9.17, 15) is 9.50 Å². The number of anilines is 1. The number of hydrogen-bond donors (Lipinski definition) is 2. The van der Waals surface area contributed by atoms with Gasteiger partial charge in [0.2, 0.25) is 0 Å². The molecule has 0 unspecified atom stereocenters. The summed E-state index contributed by atoms with van der Waals surface area (Å²) in [5.41, 5.74) is 1.64. The minimum atomic E-state index is -0.278. The summed E-state index contributed by atoms with van der Waals surface area (Å²) >= 11 is 3.11. The van der Waals surface area contributed by atoms with Crippen molar-refractivity contribution in [3.05, 3.63) is 58.3 Å². The van der Waals surface area contributed by atoms with Gasteiger partial charge < -0.3 is 10.4 Å². The minimum absolute atomic E-state index is 0.206. The van der Waals surface area contributed by atoms with Crippen LogP contribution in [0.15, 0.2) is 46.9 Å². The largest absolute Gasteiger partial charge is 0.508 e. The second kappa shape index (κ2) is 5.19. The monoisotopic (exact) mass is 295 g/mol. The van der Waals surface area contributed by atoms with Crippen molar-refractivity contribution >= 4 is 21.6 Å². The highest BCUT2D eigenvalue weighted by Gasteiger charge is 2.00. The number of halogens is 2. The fourth-order valence-corrected chi connectivity index (χ4v) is 1.72. The fourth-order valence-electron chi connectivity index (χ4n) is 1.47. The Bertz CT molecular complexity index is 531. The summed E-state index contributed by atoms with van der Waals surface area (Å²) in [5, 5.41) is 12.4. The molecule has 0 spiro atoms. The zero-order chi connectivity index (χ0) is 12.3. The van der Waals surface area contributed by atoms with Crippen molar-refractivity contribution in [2.45, 2.75) is 6.54 Å². The van der Waals surface area contributed by atoms with Crippen molar-refractivity contribution in [2.75, 3.05) is 5.32 Å². The third-order valence-corrected chi connectivity index (χ3v) is 2.97. The summed E-state index contributed by atoms with van der Waals surface area (Å²) in [7, 11) is 0. The van der Waals surface area contributed by atoms with E-state index in [2.05, 4.69) is 21.2 Å². The van der Waals surface area contributed by atoms with E-state index in [4.69, 9.17) is 0 Å². The van der Waals surface area contributed by atoms with E-state index in [0.717, 1.165) is 11.3 Å². The van der Waals surface area contributed by atoms with E-state index in [1.54, 1.807) is 24.3 Å². The highest BCUT2D eigenvalue weighted by atomic mass is 79.9. The average molecular weight is 296 g/mol. The van der Waals surface area contributed by atoms with Crippen molar-refractivity contribution in [1.29, 1.82) is 0 Å². The summed E-state index contributed by atoms with van der Waals surface area (Å²) in [4.78, 5) is 0. The van der Waals surface area contributed by atoms with Crippen LogP contribution in [-0.4, -0.2) is 5.11 Å². The number of hydrogen-bond acceptors (Lipinski definition) is 2. The van der Waals surface area contributed by atoms with Crippen LogP contribution in [0.4, 0.5) is 10.1 Å². The van der Waals surface area contributed by atoms with Gasteiger partial charge >= 0.3 is 0 Å². The molecule has 0 fully saturated rings. The maximum Gasteiger partial charge on any atom is 0.137 e. The van der Waals surface area contributed by atoms with Crippen LogP contribution in [0.3, 0.4) is 0 Å². The van der Waals surface area contributed by atoms with Crippen LogP contribution in [-0.2, 0) is 6.54 Å². The normalized spacial score (nSPS) is 10.2. The molecule has 0 amide bonds. The number of phenols is 1. The van der Waals surface area contributed by atoms with E-state index in [0.29, 0.717) is 11.0 Å². The van der Waals surface area contributed by atoms with E-state index < -0.39 is 0 Å². The first-order chi connectivity index (χ1) is 8.15. The third kappa shape index (κ3) is 3.20. The number of rotatable bonds is 3. The number of benzene rings is 2. The molecule has 88 valence electrons. The second-order valence-corrected chi connectivity index (χ2v) is 4.51. The lowest BCUT2D eigenvalue weighted by molar-refractivity contribution is 0.475. The summed E-state index contributed by atoms with van der Waals surface area (Å²) in [6, 6.07) is 11.8. The molecule has 2 N–H and O–H groups in total. The third-order valence-electron chi connectivity index (χ3n) is 2.33. The second-order valence-electron chi connectivity index (χ2n) is 3.65. The van der Waals surface area contributed by atoms with Crippen molar-refractivity contribution in [2.24, 2.45) is 0 Å². The SMILES string of the molecule is Oc1cccc(NCc2ccc(Br)c(F)c2)c1. The van der Waals surface area contributed by atoms with E-state index in [1.807, 2.05) is 12.1 Å². The number of nitrogens with one attached hydrogen (secondary N) is 1. The smallest absolute Gasteiger partial charge is 0.137 e. The van der Waals surface area contributed by atoms with Crippen LogP contribution in [0, 0.1) is 5.82 Å². The van der Waals surface area contributed by atoms with Crippen LogP contribution in [0.1, 0.15) is 5.56 Å². The van der Waals surface area contributed by atoms with Crippen LogP contribution in [0.2, 0.25) is 0 Å². The minimum Gasteiger partial charge on any atom is -0.508 e. The van der Waals surface area contributed by atoms with Gasteiger partial charge in [0.25, 0.3) is 0 Å². The van der Waals surface area contributed by atoms with Crippen molar-refractivity contribution in [1.82, 2.24) is 0 Å². The van der Waals surface area contributed by atoms with Crippen molar-refractivity contribution in [3.8, 4) is 5.75 Å². The Labute approximate surface area is 107 Å². The first-order valence-corrected chi connectivity index (χ1v) is 5.91.